The van der Waals surface area contributed by atoms with Crippen molar-refractivity contribution in [3.05, 3.63) is 58.3 Å². The van der Waals surface area contributed by atoms with Gasteiger partial charge in [0.05, 0.1) is 16.9 Å². The highest BCUT2D eigenvalue weighted by Crippen LogP contribution is 2.26. The van der Waals surface area contributed by atoms with Crippen LogP contribution in [0, 0.1) is 13.8 Å². The van der Waals surface area contributed by atoms with Gasteiger partial charge in [0.25, 0.3) is 0 Å². The van der Waals surface area contributed by atoms with E-state index < -0.39 is 0 Å². The summed E-state index contributed by atoms with van der Waals surface area (Å²) >= 11 is 1.57. The maximum absolute atomic E-state index is 12.7. The number of anilines is 2. The number of thiazole rings is 1. The van der Waals surface area contributed by atoms with Crippen LogP contribution < -0.4 is 5.32 Å². The highest BCUT2D eigenvalue weighted by molar-refractivity contribution is 7.09. The molecular weight excluding hydrogens is 398 g/mol. The van der Waals surface area contributed by atoms with E-state index in [4.69, 9.17) is 0 Å². The van der Waals surface area contributed by atoms with E-state index in [-0.39, 0.29) is 11.8 Å². The van der Waals surface area contributed by atoms with Crippen molar-refractivity contribution < 1.29 is 4.79 Å². The van der Waals surface area contributed by atoms with Crippen LogP contribution in [0.3, 0.4) is 0 Å². The van der Waals surface area contributed by atoms with E-state index in [0.29, 0.717) is 18.2 Å². The summed E-state index contributed by atoms with van der Waals surface area (Å²) in [7, 11) is 0. The zero-order valence-electron chi connectivity index (χ0n) is 16.9. The molecule has 1 saturated heterocycles. The smallest absolute Gasteiger partial charge is 0.246 e. The lowest BCUT2D eigenvalue weighted by molar-refractivity contribution is -0.127. The third kappa shape index (κ3) is 5.04. The summed E-state index contributed by atoms with van der Waals surface area (Å²) in [4.78, 5) is 36.5. The monoisotopic (exact) mass is 421 g/mol. The molecule has 1 unspecified atom stereocenters. The van der Waals surface area contributed by atoms with Crippen LogP contribution >= 0.6 is 11.3 Å². The molecular formula is C21H23N7OS. The lowest BCUT2D eigenvalue weighted by Crippen LogP contribution is -2.38. The standard InChI is InChI=1S/C21H23N7OS/c1-14-10-18(26-19-11-22-7-8-23-19)27-21(24-14)16-4-3-9-28(12-16)20(29)6-5-17-13-30-15(2)25-17/h5-8,10-11,13,16H,3-4,9,12H2,1-2H3,(H,23,24,26,27)/b6-5+. The van der Waals surface area contributed by atoms with Gasteiger partial charge in [-0.3, -0.25) is 9.78 Å². The zero-order valence-corrected chi connectivity index (χ0v) is 17.8. The van der Waals surface area contributed by atoms with E-state index in [9.17, 15) is 4.79 Å². The van der Waals surface area contributed by atoms with Crippen LogP contribution in [0.15, 0.2) is 36.1 Å². The first-order valence-electron chi connectivity index (χ1n) is 9.84. The fraction of sp³-hybridized carbons (Fsp3) is 0.333. The SMILES string of the molecule is Cc1cc(Nc2cnccn2)nc(C2CCCN(C(=O)/C=C/c3csc(C)n3)C2)n1. The summed E-state index contributed by atoms with van der Waals surface area (Å²) in [6.45, 7) is 5.24. The van der Waals surface area contributed by atoms with Crippen molar-refractivity contribution in [2.24, 2.45) is 0 Å². The first-order chi connectivity index (χ1) is 14.6. The second-order valence-electron chi connectivity index (χ2n) is 7.22. The number of carbonyl (C=O) groups excluding carboxylic acids is 1. The molecule has 0 aliphatic carbocycles. The molecule has 4 heterocycles. The molecule has 1 fully saturated rings. The molecule has 1 aliphatic rings. The molecule has 154 valence electrons. The molecule has 0 saturated carbocycles. The molecule has 0 radical (unpaired) electrons. The number of piperidine rings is 1. The van der Waals surface area contributed by atoms with Crippen LogP contribution in [0.25, 0.3) is 6.08 Å². The van der Waals surface area contributed by atoms with Gasteiger partial charge in [0, 0.05) is 54.6 Å². The number of rotatable bonds is 5. The molecule has 8 nitrogen and oxygen atoms in total. The van der Waals surface area contributed by atoms with E-state index in [1.54, 1.807) is 42.1 Å². The summed E-state index contributed by atoms with van der Waals surface area (Å²) in [6.07, 6.45) is 10.2. The molecule has 1 aliphatic heterocycles. The number of aryl methyl sites for hydroxylation is 2. The van der Waals surface area contributed by atoms with Crippen molar-refractivity contribution in [1.29, 1.82) is 0 Å². The number of nitrogens with one attached hydrogen (secondary N) is 1. The van der Waals surface area contributed by atoms with Crippen LogP contribution in [0.2, 0.25) is 0 Å². The highest BCUT2D eigenvalue weighted by atomic mass is 32.1. The molecule has 9 heteroatoms. The minimum Gasteiger partial charge on any atom is -0.338 e. The van der Waals surface area contributed by atoms with Crippen molar-refractivity contribution >= 4 is 35.0 Å². The molecule has 30 heavy (non-hydrogen) atoms. The van der Waals surface area contributed by atoms with Gasteiger partial charge in [-0.1, -0.05) is 0 Å². The quantitative estimate of drug-likeness (QED) is 0.630. The van der Waals surface area contributed by atoms with Crippen molar-refractivity contribution in [3.8, 4) is 0 Å². The van der Waals surface area contributed by atoms with Gasteiger partial charge in [-0.25, -0.2) is 19.9 Å². The van der Waals surface area contributed by atoms with Gasteiger partial charge in [0.2, 0.25) is 5.91 Å². The second-order valence-corrected chi connectivity index (χ2v) is 8.28. The minimum atomic E-state index is -0.00378. The Kier molecular flexibility index (Phi) is 6.08. The third-order valence-corrected chi connectivity index (χ3v) is 5.61. The van der Waals surface area contributed by atoms with E-state index in [1.807, 2.05) is 30.2 Å². The molecule has 3 aromatic heterocycles. The Hall–Kier alpha value is -3.20. The average Bonchev–Trinajstić information content (AvgIpc) is 3.17. The van der Waals surface area contributed by atoms with Crippen LogP contribution in [-0.2, 0) is 4.79 Å². The molecule has 0 aromatic carbocycles. The van der Waals surface area contributed by atoms with Gasteiger partial charge in [-0.2, -0.15) is 0 Å². The minimum absolute atomic E-state index is 0.00378. The first kappa shape index (κ1) is 20.1. The Labute approximate surface area is 179 Å². The third-order valence-electron chi connectivity index (χ3n) is 4.82. The summed E-state index contributed by atoms with van der Waals surface area (Å²) in [6, 6.07) is 1.88. The second kappa shape index (κ2) is 9.08. The van der Waals surface area contributed by atoms with E-state index in [1.165, 1.54) is 0 Å². The molecule has 1 atom stereocenters. The van der Waals surface area contributed by atoms with Crippen LogP contribution in [0.4, 0.5) is 11.6 Å². The topological polar surface area (TPSA) is 96.8 Å². The predicted molar refractivity (Wildman–Crippen MR) is 117 cm³/mol. The summed E-state index contributed by atoms with van der Waals surface area (Å²) < 4.78 is 0. The normalized spacial score (nSPS) is 16.7. The van der Waals surface area contributed by atoms with Gasteiger partial charge in [-0.05, 0) is 32.8 Å². The number of likely N-dealkylation sites (tertiary alicyclic amines) is 1. The highest BCUT2D eigenvalue weighted by Gasteiger charge is 2.26. The molecule has 1 N–H and O–H groups in total. The molecule has 0 spiro atoms. The fourth-order valence-electron chi connectivity index (χ4n) is 3.44. The average molecular weight is 422 g/mol. The van der Waals surface area contributed by atoms with Gasteiger partial charge in [0.15, 0.2) is 0 Å². The van der Waals surface area contributed by atoms with E-state index in [0.717, 1.165) is 41.6 Å². The Morgan fingerprint density at radius 2 is 2.13 bits per heavy atom. The molecule has 1 amide bonds. The first-order valence-corrected chi connectivity index (χ1v) is 10.7. The Bertz CT molecular complexity index is 1050. The van der Waals surface area contributed by atoms with Crippen molar-refractivity contribution in [2.45, 2.75) is 32.6 Å². The summed E-state index contributed by atoms with van der Waals surface area (Å²) in [5.41, 5.74) is 1.69. The van der Waals surface area contributed by atoms with Gasteiger partial charge < -0.3 is 10.2 Å². The lowest BCUT2D eigenvalue weighted by Gasteiger charge is -2.31. The Balaban J connectivity index is 1.46. The van der Waals surface area contributed by atoms with Gasteiger partial charge >= 0.3 is 0 Å². The predicted octanol–water partition coefficient (Wildman–Crippen LogP) is 3.50. The van der Waals surface area contributed by atoms with Crippen LogP contribution in [0.1, 0.15) is 41.0 Å². The maximum Gasteiger partial charge on any atom is 0.246 e. The Morgan fingerprint density at radius 1 is 1.23 bits per heavy atom. The van der Waals surface area contributed by atoms with E-state index >= 15 is 0 Å². The number of amides is 1. The number of hydrogen-bond acceptors (Lipinski definition) is 8. The number of carbonyl (C=O) groups is 1. The van der Waals surface area contributed by atoms with Crippen molar-refractivity contribution in [2.75, 3.05) is 18.4 Å². The zero-order chi connectivity index (χ0) is 20.9. The van der Waals surface area contributed by atoms with Gasteiger partial charge in [-0.15, -0.1) is 11.3 Å². The van der Waals surface area contributed by atoms with Gasteiger partial charge in [0.1, 0.15) is 17.5 Å². The summed E-state index contributed by atoms with van der Waals surface area (Å²) in [5, 5.41) is 6.11. The van der Waals surface area contributed by atoms with Crippen LogP contribution in [-0.4, -0.2) is 48.8 Å². The lowest BCUT2D eigenvalue weighted by atomic mass is 9.97. The molecule has 4 rings (SSSR count). The molecule has 3 aromatic rings. The summed E-state index contributed by atoms with van der Waals surface area (Å²) in [5.74, 6) is 2.15. The number of hydrogen-bond donors (Lipinski definition) is 1. The van der Waals surface area contributed by atoms with Crippen LogP contribution in [0.5, 0.6) is 0 Å². The fourth-order valence-corrected chi connectivity index (χ4v) is 4.02. The number of nitrogens with zero attached hydrogens (tertiary/aromatic N) is 6. The number of aromatic nitrogens is 5. The molecule has 0 bridgehead atoms. The largest absolute Gasteiger partial charge is 0.338 e. The maximum atomic E-state index is 12.7. The Morgan fingerprint density at radius 3 is 2.90 bits per heavy atom. The van der Waals surface area contributed by atoms with Crippen molar-refractivity contribution in [3.63, 3.8) is 0 Å². The van der Waals surface area contributed by atoms with Crippen molar-refractivity contribution in [1.82, 2.24) is 29.8 Å². The van der Waals surface area contributed by atoms with E-state index in [2.05, 4.69) is 30.2 Å².